The first-order chi connectivity index (χ1) is 5.40. The van der Waals surface area contributed by atoms with Gasteiger partial charge >= 0.3 is 0 Å². The third kappa shape index (κ3) is 3.76. The Hall–Kier alpha value is -0.510. The van der Waals surface area contributed by atoms with Gasteiger partial charge < -0.3 is 4.52 Å². The molecule has 0 rings (SSSR count). The van der Waals surface area contributed by atoms with Gasteiger partial charge in [-0.1, -0.05) is 18.1 Å². The molecule has 0 amide bonds. The Labute approximate surface area is 74.9 Å². The Morgan fingerprint density at radius 1 is 1.75 bits per heavy atom. The first kappa shape index (κ1) is 11.5. The zero-order valence-electron chi connectivity index (χ0n) is 7.81. The predicted octanol–water partition coefficient (Wildman–Crippen LogP) is 2.47. The van der Waals surface area contributed by atoms with Crippen molar-refractivity contribution in [1.82, 2.24) is 0 Å². The molecule has 0 aromatic carbocycles. The van der Waals surface area contributed by atoms with Crippen LogP contribution in [0, 0.1) is 12.3 Å². The van der Waals surface area contributed by atoms with Gasteiger partial charge in [-0.2, -0.15) is 0 Å². The van der Waals surface area contributed by atoms with Gasteiger partial charge in [0.1, 0.15) is 0 Å². The summed E-state index contributed by atoms with van der Waals surface area (Å²) < 4.78 is 16.4. The van der Waals surface area contributed by atoms with E-state index in [1.54, 1.807) is 13.8 Å². The third-order valence-electron chi connectivity index (χ3n) is 1.32. The minimum Gasteiger partial charge on any atom is -0.325 e. The maximum Gasteiger partial charge on any atom is 0.208 e. The van der Waals surface area contributed by atoms with Crippen molar-refractivity contribution in [3.63, 3.8) is 0 Å². The quantitative estimate of drug-likeness (QED) is 0.383. The zero-order chi connectivity index (χ0) is 9.78. The molecule has 0 spiro atoms. The van der Waals surface area contributed by atoms with Crippen molar-refractivity contribution in [2.75, 3.05) is 6.61 Å². The Balaban J connectivity index is 4.07. The van der Waals surface area contributed by atoms with E-state index in [2.05, 4.69) is 12.5 Å². The van der Waals surface area contributed by atoms with Crippen molar-refractivity contribution < 1.29 is 9.09 Å². The van der Waals surface area contributed by atoms with Gasteiger partial charge in [0.15, 0.2) is 0 Å². The molecule has 0 aliphatic heterocycles. The van der Waals surface area contributed by atoms with Gasteiger partial charge in [-0.15, -0.1) is 6.42 Å². The van der Waals surface area contributed by atoms with Crippen molar-refractivity contribution in [1.29, 1.82) is 0 Å². The Bertz CT molecular complexity index is 235. The van der Waals surface area contributed by atoms with Gasteiger partial charge in [0, 0.05) is 0 Å². The lowest BCUT2D eigenvalue weighted by Gasteiger charge is -2.16. The number of terminal acetylenes is 1. The van der Waals surface area contributed by atoms with Crippen molar-refractivity contribution in [2.24, 2.45) is 0 Å². The second-order valence-electron chi connectivity index (χ2n) is 3.30. The lowest BCUT2D eigenvalue weighted by molar-refractivity contribution is 0.351. The van der Waals surface area contributed by atoms with E-state index >= 15 is 0 Å². The van der Waals surface area contributed by atoms with Gasteiger partial charge in [0.25, 0.3) is 0 Å². The maximum absolute atomic E-state index is 11.4. The van der Waals surface area contributed by atoms with E-state index in [0.717, 1.165) is 5.57 Å². The predicted molar refractivity (Wildman–Crippen MR) is 52.7 cm³/mol. The minimum absolute atomic E-state index is 0.322. The summed E-state index contributed by atoms with van der Waals surface area (Å²) in [7, 11) is -2.16. The fraction of sp³-hybridized carbons (Fsp3) is 0.556. The highest BCUT2D eigenvalue weighted by atomic mass is 31.1. The summed E-state index contributed by atoms with van der Waals surface area (Å²) in [6.45, 7) is 9.23. The minimum atomic E-state index is -2.16. The topological polar surface area (TPSA) is 26.3 Å². The van der Waals surface area contributed by atoms with E-state index in [1.165, 1.54) is 0 Å². The van der Waals surface area contributed by atoms with Crippen LogP contribution in [0.1, 0.15) is 20.8 Å². The molecular formula is C9H15O2P. The molecule has 2 nitrogen and oxygen atoms in total. The van der Waals surface area contributed by atoms with Crippen molar-refractivity contribution >= 4 is 8.03 Å². The summed E-state index contributed by atoms with van der Waals surface area (Å²) in [5.41, 5.74) is 0.848. The largest absolute Gasteiger partial charge is 0.325 e. The van der Waals surface area contributed by atoms with Crippen LogP contribution in [0.5, 0.6) is 0 Å². The summed E-state index contributed by atoms with van der Waals surface area (Å²) in [6.07, 6.45) is 5.19. The van der Waals surface area contributed by atoms with Gasteiger partial charge in [-0.3, -0.25) is 4.57 Å². The standard InChI is InChI=1S/C9H15O2P/c1-6-9(4,5)12(10)11-7-8(2)3/h1,12H,2,7H2,3-5H3. The fourth-order valence-corrected chi connectivity index (χ4v) is 1.28. The van der Waals surface area contributed by atoms with E-state index in [9.17, 15) is 4.57 Å². The first-order valence-electron chi connectivity index (χ1n) is 3.69. The summed E-state index contributed by atoms with van der Waals surface area (Å²) in [4.78, 5) is 0. The average Bonchev–Trinajstić information content (AvgIpc) is 2.00. The molecule has 0 aromatic heterocycles. The van der Waals surface area contributed by atoms with Crippen molar-refractivity contribution in [3.05, 3.63) is 12.2 Å². The average molecular weight is 186 g/mol. The van der Waals surface area contributed by atoms with Crippen LogP contribution in [0.4, 0.5) is 0 Å². The smallest absolute Gasteiger partial charge is 0.208 e. The Morgan fingerprint density at radius 2 is 2.25 bits per heavy atom. The van der Waals surface area contributed by atoms with Crippen LogP contribution in [0.2, 0.25) is 0 Å². The molecule has 68 valence electrons. The molecule has 0 aliphatic carbocycles. The van der Waals surface area contributed by atoms with Crippen LogP contribution in [-0.2, 0) is 9.09 Å². The molecule has 0 aromatic rings. The van der Waals surface area contributed by atoms with Crippen LogP contribution in [0.3, 0.4) is 0 Å². The van der Waals surface area contributed by atoms with Crippen LogP contribution >= 0.6 is 8.03 Å². The van der Waals surface area contributed by atoms with E-state index in [-0.39, 0.29) is 0 Å². The van der Waals surface area contributed by atoms with Crippen LogP contribution in [-0.4, -0.2) is 11.8 Å². The summed E-state index contributed by atoms with van der Waals surface area (Å²) >= 11 is 0. The molecule has 0 N–H and O–H groups in total. The summed E-state index contributed by atoms with van der Waals surface area (Å²) in [5.74, 6) is 2.44. The highest BCUT2D eigenvalue weighted by Gasteiger charge is 2.23. The second-order valence-corrected chi connectivity index (χ2v) is 5.42. The molecule has 1 atom stereocenters. The fourth-order valence-electron chi connectivity index (χ4n) is 0.428. The molecular weight excluding hydrogens is 171 g/mol. The van der Waals surface area contributed by atoms with Crippen molar-refractivity contribution in [3.8, 4) is 12.3 Å². The molecule has 3 heteroatoms. The molecule has 0 radical (unpaired) electrons. The molecule has 0 aliphatic rings. The lowest BCUT2D eigenvalue weighted by atomic mass is 10.2. The van der Waals surface area contributed by atoms with Crippen LogP contribution in [0.25, 0.3) is 0 Å². The van der Waals surface area contributed by atoms with Crippen LogP contribution in [0.15, 0.2) is 12.2 Å². The maximum atomic E-state index is 11.4. The van der Waals surface area contributed by atoms with Crippen LogP contribution < -0.4 is 0 Å². The third-order valence-corrected chi connectivity index (χ3v) is 2.89. The summed E-state index contributed by atoms with van der Waals surface area (Å²) in [5, 5.41) is -0.653. The molecule has 1 unspecified atom stereocenters. The van der Waals surface area contributed by atoms with Gasteiger partial charge in [0.05, 0.1) is 11.8 Å². The summed E-state index contributed by atoms with van der Waals surface area (Å²) in [6, 6.07) is 0. The van der Waals surface area contributed by atoms with Crippen molar-refractivity contribution in [2.45, 2.75) is 25.9 Å². The second kappa shape index (κ2) is 4.50. The lowest BCUT2D eigenvalue weighted by Crippen LogP contribution is -2.11. The van der Waals surface area contributed by atoms with Gasteiger partial charge in [-0.25, -0.2) is 0 Å². The molecule has 0 saturated heterocycles. The van der Waals surface area contributed by atoms with E-state index in [4.69, 9.17) is 10.9 Å². The Morgan fingerprint density at radius 3 is 2.58 bits per heavy atom. The van der Waals surface area contributed by atoms with E-state index in [1.807, 2.05) is 6.92 Å². The molecule has 0 saturated carbocycles. The molecule has 12 heavy (non-hydrogen) atoms. The SMILES string of the molecule is C#CC(C)(C)[PH](=O)OCC(=C)C. The monoisotopic (exact) mass is 186 g/mol. The van der Waals surface area contributed by atoms with Gasteiger partial charge in [-0.05, 0) is 20.8 Å². The van der Waals surface area contributed by atoms with Gasteiger partial charge in [0.2, 0.25) is 8.03 Å². The molecule has 0 bridgehead atoms. The first-order valence-corrected chi connectivity index (χ1v) is 5.01. The Kier molecular flexibility index (Phi) is 4.31. The molecule has 0 heterocycles. The molecule has 0 fully saturated rings. The highest BCUT2D eigenvalue weighted by Crippen LogP contribution is 2.39. The van der Waals surface area contributed by atoms with E-state index < -0.39 is 13.2 Å². The zero-order valence-corrected chi connectivity index (χ0v) is 8.81. The van der Waals surface area contributed by atoms with E-state index in [0.29, 0.717) is 6.61 Å². The highest BCUT2D eigenvalue weighted by molar-refractivity contribution is 7.41. The number of hydrogen-bond donors (Lipinski definition) is 0. The normalized spacial score (nSPS) is 13.5. The number of hydrogen-bond acceptors (Lipinski definition) is 2. The number of rotatable bonds is 4.